The summed E-state index contributed by atoms with van der Waals surface area (Å²) in [7, 11) is 0. The van der Waals surface area contributed by atoms with Crippen molar-refractivity contribution in [2.75, 3.05) is 0 Å². The topological polar surface area (TPSA) is 65.0 Å². The van der Waals surface area contributed by atoms with Gasteiger partial charge in [0, 0.05) is 18.6 Å². The summed E-state index contributed by atoms with van der Waals surface area (Å²) in [5, 5.41) is 0. The molecule has 1 aliphatic heterocycles. The van der Waals surface area contributed by atoms with E-state index in [0.717, 1.165) is 5.56 Å². The van der Waals surface area contributed by atoms with Crippen molar-refractivity contribution in [2.24, 2.45) is 4.99 Å². The average molecular weight is 333 g/mol. The van der Waals surface area contributed by atoms with Crippen LogP contribution < -0.4 is 4.74 Å². The van der Waals surface area contributed by atoms with E-state index in [1.165, 1.54) is 13.0 Å². The molecule has 0 saturated carbocycles. The van der Waals surface area contributed by atoms with E-state index >= 15 is 0 Å². The highest BCUT2D eigenvalue weighted by Gasteiger charge is 2.21. The van der Waals surface area contributed by atoms with Gasteiger partial charge >= 0.3 is 11.9 Å². The molecule has 0 atom stereocenters. The van der Waals surface area contributed by atoms with Crippen molar-refractivity contribution in [1.29, 1.82) is 0 Å². The highest BCUT2D eigenvalue weighted by Crippen LogP contribution is 2.24. The molecule has 0 aromatic heterocycles. The Morgan fingerprint density at radius 1 is 1.04 bits per heavy atom. The third kappa shape index (κ3) is 4.29. The third-order valence-corrected chi connectivity index (χ3v) is 3.32. The molecule has 3 rings (SSSR count). The van der Waals surface area contributed by atoms with Gasteiger partial charge in [-0.1, -0.05) is 48.5 Å². The second kappa shape index (κ2) is 7.40. The van der Waals surface area contributed by atoms with E-state index in [4.69, 9.17) is 9.47 Å². The molecule has 1 aliphatic rings. The number of carbonyl (C=O) groups excluding carboxylic acids is 2. The normalized spacial score (nSPS) is 15.3. The van der Waals surface area contributed by atoms with Crippen LogP contribution in [0.15, 0.2) is 71.4 Å². The minimum Gasteiger partial charge on any atom is -0.426 e. The molecule has 0 N–H and O–H groups in total. The number of carbonyl (C=O) groups is 2. The lowest BCUT2D eigenvalue weighted by atomic mass is 10.1. The largest absolute Gasteiger partial charge is 0.426 e. The van der Waals surface area contributed by atoms with Crippen molar-refractivity contribution >= 4 is 30.0 Å². The Kier molecular flexibility index (Phi) is 4.85. The van der Waals surface area contributed by atoms with Gasteiger partial charge in [-0.25, -0.2) is 9.79 Å². The standard InChI is InChI=1S/C20H15NO4/c1-14(22)24-18-10-6-5-9-16(18)13-17-20(23)25-19(21-17)12-11-15-7-3-2-4-8-15/h2-13H,1H3/b12-11+,17-13+. The maximum Gasteiger partial charge on any atom is 0.363 e. The summed E-state index contributed by atoms with van der Waals surface area (Å²) in [4.78, 5) is 27.3. The molecular weight excluding hydrogens is 318 g/mol. The molecule has 2 aromatic rings. The first-order chi connectivity index (χ1) is 12.1. The van der Waals surface area contributed by atoms with Crippen LogP contribution in [0.1, 0.15) is 18.1 Å². The monoisotopic (exact) mass is 333 g/mol. The Morgan fingerprint density at radius 2 is 1.76 bits per heavy atom. The number of cyclic esters (lactones) is 1. The van der Waals surface area contributed by atoms with E-state index in [1.807, 2.05) is 36.4 Å². The second-order valence-corrected chi connectivity index (χ2v) is 5.24. The van der Waals surface area contributed by atoms with Crippen LogP contribution in [-0.2, 0) is 14.3 Å². The number of hydrogen-bond acceptors (Lipinski definition) is 5. The van der Waals surface area contributed by atoms with Crippen molar-refractivity contribution < 1.29 is 19.1 Å². The Balaban J connectivity index is 1.84. The van der Waals surface area contributed by atoms with Crippen LogP contribution in [0.5, 0.6) is 5.75 Å². The Bertz CT molecular complexity index is 895. The SMILES string of the molecule is CC(=O)Oc1ccccc1/C=C1N=C(/C=C/c2ccccc2)OC/1=O. The molecule has 0 amide bonds. The molecule has 0 bridgehead atoms. The van der Waals surface area contributed by atoms with Crippen LogP contribution in [0, 0.1) is 0 Å². The summed E-state index contributed by atoms with van der Waals surface area (Å²) >= 11 is 0. The van der Waals surface area contributed by atoms with Crippen LogP contribution >= 0.6 is 0 Å². The third-order valence-electron chi connectivity index (χ3n) is 3.32. The zero-order chi connectivity index (χ0) is 17.6. The second-order valence-electron chi connectivity index (χ2n) is 5.24. The Morgan fingerprint density at radius 3 is 2.52 bits per heavy atom. The Labute approximate surface area is 144 Å². The Hall–Kier alpha value is -3.47. The van der Waals surface area contributed by atoms with Gasteiger partial charge in [-0.05, 0) is 23.8 Å². The van der Waals surface area contributed by atoms with Gasteiger partial charge in [0.15, 0.2) is 5.70 Å². The number of para-hydroxylation sites is 1. The molecule has 0 spiro atoms. The zero-order valence-electron chi connectivity index (χ0n) is 13.5. The number of benzene rings is 2. The van der Waals surface area contributed by atoms with E-state index < -0.39 is 11.9 Å². The zero-order valence-corrected chi connectivity index (χ0v) is 13.5. The van der Waals surface area contributed by atoms with Crippen LogP contribution in [0.3, 0.4) is 0 Å². The summed E-state index contributed by atoms with van der Waals surface area (Å²) in [6, 6.07) is 16.5. The van der Waals surface area contributed by atoms with Crippen LogP contribution in [0.4, 0.5) is 0 Å². The van der Waals surface area contributed by atoms with E-state index in [9.17, 15) is 9.59 Å². The summed E-state index contributed by atoms with van der Waals surface area (Å²) in [5.74, 6) is -0.413. The first kappa shape index (κ1) is 16.4. The van der Waals surface area contributed by atoms with Crippen molar-refractivity contribution in [3.63, 3.8) is 0 Å². The number of nitrogens with zero attached hydrogens (tertiary/aromatic N) is 1. The number of esters is 2. The fraction of sp³-hybridized carbons (Fsp3) is 0.0500. The van der Waals surface area contributed by atoms with Crippen molar-refractivity contribution in [3.05, 3.63) is 77.5 Å². The molecule has 0 aliphatic carbocycles. The average Bonchev–Trinajstić information content (AvgIpc) is 2.95. The number of ether oxygens (including phenoxy) is 2. The molecule has 0 saturated heterocycles. The minimum atomic E-state index is -0.551. The number of rotatable bonds is 4. The van der Waals surface area contributed by atoms with Gasteiger partial charge in [0.2, 0.25) is 5.90 Å². The maximum absolute atomic E-state index is 12.0. The minimum absolute atomic E-state index is 0.146. The molecule has 5 nitrogen and oxygen atoms in total. The van der Waals surface area contributed by atoms with Crippen LogP contribution in [0.2, 0.25) is 0 Å². The number of aliphatic imine (C=N–C) groups is 1. The lowest BCUT2D eigenvalue weighted by molar-refractivity contribution is -0.132. The van der Waals surface area contributed by atoms with E-state index in [-0.39, 0.29) is 11.6 Å². The molecule has 0 unspecified atom stereocenters. The maximum atomic E-state index is 12.0. The molecule has 1 heterocycles. The summed E-state index contributed by atoms with van der Waals surface area (Å²) < 4.78 is 10.3. The summed E-state index contributed by atoms with van der Waals surface area (Å²) in [6.45, 7) is 1.32. The smallest absolute Gasteiger partial charge is 0.363 e. The van der Waals surface area contributed by atoms with Crippen molar-refractivity contribution in [3.8, 4) is 5.75 Å². The van der Waals surface area contributed by atoms with Crippen LogP contribution in [-0.4, -0.2) is 17.8 Å². The van der Waals surface area contributed by atoms with Gasteiger partial charge in [0.1, 0.15) is 5.75 Å². The first-order valence-corrected chi connectivity index (χ1v) is 7.65. The van der Waals surface area contributed by atoms with E-state index in [1.54, 1.807) is 30.3 Å². The molecule has 2 aromatic carbocycles. The van der Waals surface area contributed by atoms with Crippen molar-refractivity contribution in [2.45, 2.75) is 6.92 Å². The first-order valence-electron chi connectivity index (χ1n) is 7.65. The lowest BCUT2D eigenvalue weighted by Gasteiger charge is -2.04. The van der Waals surface area contributed by atoms with Gasteiger partial charge < -0.3 is 9.47 Å². The fourth-order valence-corrected chi connectivity index (χ4v) is 2.22. The van der Waals surface area contributed by atoms with Gasteiger partial charge in [-0.2, -0.15) is 0 Å². The summed E-state index contributed by atoms with van der Waals surface area (Å²) in [5.41, 5.74) is 1.69. The quantitative estimate of drug-likeness (QED) is 0.487. The van der Waals surface area contributed by atoms with Crippen LogP contribution in [0.25, 0.3) is 12.2 Å². The van der Waals surface area contributed by atoms with Gasteiger partial charge in [-0.3, -0.25) is 4.79 Å². The highest BCUT2D eigenvalue weighted by atomic mass is 16.6. The fourth-order valence-electron chi connectivity index (χ4n) is 2.22. The lowest BCUT2D eigenvalue weighted by Crippen LogP contribution is -2.03. The molecule has 0 fully saturated rings. The van der Waals surface area contributed by atoms with Gasteiger partial charge in [-0.15, -0.1) is 0 Å². The summed E-state index contributed by atoms with van der Waals surface area (Å²) in [6.07, 6.45) is 4.97. The van der Waals surface area contributed by atoms with Gasteiger partial charge in [0.05, 0.1) is 0 Å². The van der Waals surface area contributed by atoms with E-state index in [0.29, 0.717) is 11.3 Å². The highest BCUT2D eigenvalue weighted by molar-refractivity contribution is 6.11. The van der Waals surface area contributed by atoms with Crippen molar-refractivity contribution in [1.82, 2.24) is 0 Å². The predicted molar refractivity (Wildman–Crippen MR) is 94.7 cm³/mol. The molecular formula is C20H15NO4. The predicted octanol–water partition coefficient (Wildman–Crippen LogP) is 3.62. The molecule has 124 valence electrons. The molecule has 0 radical (unpaired) electrons. The molecule has 5 heteroatoms. The van der Waals surface area contributed by atoms with E-state index in [2.05, 4.69) is 4.99 Å². The molecule has 25 heavy (non-hydrogen) atoms. The number of hydrogen-bond donors (Lipinski definition) is 0. The van der Waals surface area contributed by atoms with Gasteiger partial charge in [0.25, 0.3) is 0 Å².